The molecule has 1 aromatic heterocycles. The van der Waals surface area contributed by atoms with Crippen molar-refractivity contribution in [1.82, 2.24) is 9.55 Å². The lowest BCUT2D eigenvalue weighted by molar-refractivity contribution is 0.414. The van der Waals surface area contributed by atoms with E-state index in [2.05, 4.69) is 32.9 Å². The van der Waals surface area contributed by atoms with Crippen molar-refractivity contribution in [3.05, 3.63) is 92.0 Å². The highest BCUT2D eigenvalue weighted by molar-refractivity contribution is 14.1. The lowest BCUT2D eigenvalue weighted by Crippen LogP contribution is -2.24. The first-order valence-electron chi connectivity index (χ1n) is 8.91. The zero-order valence-corrected chi connectivity index (χ0v) is 17.7. The number of ether oxygens (including phenoxy) is 1. The van der Waals surface area contributed by atoms with Crippen LogP contribution < -0.4 is 15.6 Å². The van der Waals surface area contributed by atoms with Crippen molar-refractivity contribution >= 4 is 39.4 Å². The summed E-state index contributed by atoms with van der Waals surface area (Å²) >= 11 is 2.14. The predicted octanol–water partition coefficient (Wildman–Crippen LogP) is 4.75. The van der Waals surface area contributed by atoms with Gasteiger partial charge in [-0.25, -0.2) is 13.9 Å². The molecule has 0 saturated heterocycles. The SMILES string of the molecule is COc1ccc(CNc2nc3ccc(I)cc3c(=O)n2-c2ccccc2F)cc1. The standard InChI is InChI=1S/C22H17FIN3O2/c1-29-16-9-6-14(7-10-16)13-25-22-26-19-11-8-15(24)12-17(19)21(28)27(22)20-5-3-2-4-18(20)23/h2-12H,13H2,1H3,(H,25,26). The molecule has 146 valence electrons. The van der Waals surface area contributed by atoms with Crippen LogP contribution in [0.25, 0.3) is 16.6 Å². The van der Waals surface area contributed by atoms with Crippen LogP contribution in [0, 0.1) is 9.39 Å². The average molecular weight is 501 g/mol. The van der Waals surface area contributed by atoms with Gasteiger partial charge in [0.05, 0.1) is 23.7 Å². The second-order valence-electron chi connectivity index (χ2n) is 6.39. The molecule has 0 spiro atoms. The van der Waals surface area contributed by atoms with Crippen LogP contribution in [0.2, 0.25) is 0 Å². The molecular weight excluding hydrogens is 484 g/mol. The second-order valence-corrected chi connectivity index (χ2v) is 7.64. The second kappa shape index (κ2) is 8.20. The number of hydrogen-bond acceptors (Lipinski definition) is 4. The van der Waals surface area contributed by atoms with Crippen LogP contribution in [0.3, 0.4) is 0 Å². The molecular formula is C22H17FIN3O2. The van der Waals surface area contributed by atoms with E-state index in [1.807, 2.05) is 30.3 Å². The van der Waals surface area contributed by atoms with Crippen molar-refractivity contribution < 1.29 is 9.13 Å². The third kappa shape index (κ3) is 3.95. The molecule has 4 aromatic rings. The summed E-state index contributed by atoms with van der Waals surface area (Å²) in [5, 5.41) is 3.62. The van der Waals surface area contributed by atoms with E-state index in [9.17, 15) is 9.18 Å². The zero-order valence-electron chi connectivity index (χ0n) is 15.5. The van der Waals surface area contributed by atoms with Crippen LogP contribution in [0.5, 0.6) is 5.75 Å². The van der Waals surface area contributed by atoms with Gasteiger partial charge in [0.25, 0.3) is 5.56 Å². The van der Waals surface area contributed by atoms with Gasteiger partial charge in [0.15, 0.2) is 0 Å². The summed E-state index contributed by atoms with van der Waals surface area (Å²) in [6.07, 6.45) is 0. The number of hydrogen-bond donors (Lipinski definition) is 1. The van der Waals surface area contributed by atoms with Gasteiger partial charge in [0, 0.05) is 10.1 Å². The van der Waals surface area contributed by atoms with Crippen LogP contribution in [-0.2, 0) is 6.54 Å². The van der Waals surface area contributed by atoms with Gasteiger partial charge in [-0.3, -0.25) is 4.79 Å². The fraction of sp³-hybridized carbons (Fsp3) is 0.0909. The largest absolute Gasteiger partial charge is 0.497 e. The first kappa shape index (κ1) is 19.4. The molecule has 1 heterocycles. The Morgan fingerprint density at radius 1 is 1.10 bits per heavy atom. The van der Waals surface area contributed by atoms with Gasteiger partial charge in [0.2, 0.25) is 5.95 Å². The van der Waals surface area contributed by atoms with E-state index in [4.69, 9.17) is 4.74 Å². The Morgan fingerprint density at radius 3 is 2.59 bits per heavy atom. The molecule has 0 radical (unpaired) electrons. The van der Waals surface area contributed by atoms with Crippen molar-refractivity contribution in [3.63, 3.8) is 0 Å². The first-order chi connectivity index (χ1) is 14.1. The lowest BCUT2D eigenvalue weighted by atomic mass is 10.2. The van der Waals surface area contributed by atoms with Crippen molar-refractivity contribution in [1.29, 1.82) is 0 Å². The molecule has 3 aromatic carbocycles. The summed E-state index contributed by atoms with van der Waals surface area (Å²) < 4.78 is 21.9. The Hall–Kier alpha value is -2.94. The first-order valence-corrected chi connectivity index (χ1v) is 9.99. The minimum absolute atomic E-state index is 0.156. The third-order valence-electron chi connectivity index (χ3n) is 4.53. The summed E-state index contributed by atoms with van der Waals surface area (Å²) in [5.74, 6) is 0.550. The normalized spacial score (nSPS) is 10.9. The predicted molar refractivity (Wildman–Crippen MR) is 120 cm³/mol. The quantitative estimate of drug-likeness (QED) is 0.402. The highest BCUT2D eigenvalue weighted by Gasteiger charge is 2.15. The number of anilines is 1. The number of fused-ring (bicyclic) bond motifs is 1. The molecule has 7 heteroatoms. The highest BCUT2D eigenvalue weighted by atomic mass is 127. The summed E-state index contributed by atoms with van der Waals surface area (Å²) in [7, 11) is 1.61. The maximum Gasteiger partial charge on any atom is 0.267 e. The molecule has 5 nitrogen and oxygen atoms in total. The molecule has 0 unspecified atom stereocenters. The fourth-order valence-corrected chi connectivity index (χ4v) is 3.55. The van der Waals surface area contributed by atoms with Crippen molar-refractivity contribution in [2.45, 2.75) is 6.54 Å². The van der Waals surface area contributed by atoms with E-state index in [-0.39, 0.29) is 17.2 Å². The van der Waals surface area contributed by atoms with Gasteiger partial charge in [-0.2, -0.15) is 0 Å². The van der Waals surface area contributed by atoms with E-state index < -0.39 is 5.82 Å². The number of aromatic nitrogens is 2. The topological polar surface area (TPSA) is 56.1 Å². The van der Waals surface area contributed by atoms with E-state index in [0.29, 0.717) is 17.4 Å². The summed E-state index contributed by atoms with van der Waals surface area (Å²) in [4.78, 5) is 17.8. The van der Waals surface area contributed by atoms with Gasteiger partial charge in [0.1, 0.15) is 11.6 Å². The smallest absolute Gasteiger partial charge is 0.267 e. The number of halogens is 2. The van der Waals surface area contributed by atoms with Gasteiger partial charge in [-0.1, -0.05) is 24.3 Å². The van der Waals surface area contributed by atoms with Crippen LogP contribution in [0.1, 0.15) is 5.56 Å². The Kier molecular flexibility index (Phi) is 5.48. The average Bonchev–Trinajstić information content (AvgIpc) is 2.74. The molecule has 0 aliphatic rings. The Labute approximate surface area is 180 Å². The molecule has 29 heavy (non-hydrogen) atoms. The molecule has 0 aliphatic heterocycles. The van der Waals surface area contributed by atoms with Crippen molar-refractivity contribution in [2.75, 3.05) is 12.4 Å². The van der Waals surface area contributed by atoms with Crippen LogP contribution in [0.4, 0.5) is 10.3 Å². The summed E-state index contributed by atoms with van der Waals surface area (Å²) in [6.45, 7) is 0.417. The molecule has 4 rings (SSSR count). The zero-order chi connectivity index (χ0) is 20.4. The lowest BCUT2D eigenvalue weighted by Gasteiger charge is -2.16. The number of para-hydroxylation sites is 1. The molecule has 0 atom stereocenters. The molecule has 0 aliphatic carbocycles. The monoisotopic (exact) mass is 501 g/mol. The maximum atomic E-state index is 14.5. The van der Waals surface area contributed by atoms with Gasteiger partial charge in [-0.05, 0) is 70.6 Å². The van der Waals surface area contributed by atoms with E-state index >= 15 is 0 Å². The van der Waals surface area contributed by atoms with Crippen molar-refractivity contribution in [2.24, 2.45) is 0 Å². The fourth-order valence-electron chi connectivity index (χ4n) is 3.06. The minimum Gasteiger partial charge on any atom is -0.497 e. The molecule has 0 bridgehead atoms. The Morgan fingerprint density at radius 2 is 1.86 bits per heavy atom. The van der Waals surface area contributed by atoms with E-state index in [1.54, 1.807) is 37.4 Å². The van der Waals surface area contributed by atoms with Crippen molar-refractivity contribution in [3.8, 4) is 11.4 Å². The van der Waals surface area contributed by atoms with E-state index in [1.165, 1.54) is 10.6 Å². The molecule has 0 saturated carbocycles. The van der Waals surface area contributed by atoms with Crippen LogP contribution >= 0.6 is 22.6 Å². The number of rotatable bonds is 5. The molecule has 0 fully saturated rings. The molecule has 1 N–H and O–H groups in total. The third-order valence-corrected chi connectivity index (χ3v) is 5.20. The number of benzene rings is 3. The van der Waals surface area contributed by atoms with E-state index in [0.717, 1.165) is 14.9 Å². The molecule has 0 amide bonds. The number of nitrogens with zero attached hydrogens (tertiary/aromatic N) is 2. The Bertz CT molecular complexity index is 1240. The van der Waals surface area contributed by atoms with Crippen LogP contribution in [0.15, 0.2) is 71.5 Å². The summed E-state index contributed by atoms with van der Waals surface area (Å²) in [6, 6.07) is 19.2. The number of methoxy groups -OCH3 is 1. The summed E-state index contributed by atoms with van der Waals surface area (Å²) in [5.41, 5.74) is 1.36. The number of nitrogens with one attached hydrogen (secondary N) is 1. The Balaban J connectivity index is 1.82. The highest BCUT2D eigenvalue weighted by Crippen LogP contribution is 2.21. The van der Waals surface area contributed by atoms with Crippen LogP contribution in [-0.4, -0.2) is 16.7 Å². The maximum absolute atomic E-state index is 14.5. The minimum atomic E-state index is -0.492. The van der Waals surface area contributed by atoms with Gasteiger partial charge < -0.3 is 10.1 Å². The van der Waals surface area contributed by atoms with Gasteiger partial charge >= 0.3 is 0 Å². The van der Waals surface area contributed by atoms with Gasteiger partial charge in [-0.15, -0.1) is 0 Å².